The lowest BCUT2D eigenvalue weighted by Crippen LogP contribution is -2.45. The number of hydrogen-bond acceptors (Lipinski definition) is 2. The fraction of sp³-hybridized carbons (Fsp3) is 0.760. The van der Waals surface area contributed by atoms with Crippen LogP contribution in [0.2, 0.25) is 0 Å². The molecule has 2 fully saturated rings. The van der Waals surface area contributed by atoms with Gasteiger partial charge in [-0.3, -0.25) is 0 Å². The zero-order valence-electron chi connectivity index (χ0n) is 18.6. The maximum absolute atomic E-state index is 14.9. The Hall–Kier alpha value is -0.865. The van der Waals surface area contributed by atoms with E-state index in [-0.39, 0.29) is 5.82 Å². The van der Waals surface area contributed by atoms with Crippen LogP contribution in [0.5, 0.6) is 0 Å². The average Bonchev–Trinajstić information content (AvgIpc) is 2.75. The highest BCUT2D eigenvalue weighted by Gasteiger charge is 2.32. The second-order valence-electron chi connectivity index (χ2n) is 9.35. The van der Waals surface area contributed by atoms with Gasteiger partial charge in [-0.1, -0.05) is 70.9 Å². The van der Waals surface area contributed by atoms with Gasteiger partial charge >= 0.3 is 7.12 Å². The molecule has 0 aromatic heterocycles. The minimum Gasteiger partial charge on any atom is -0.407 e. The third kappa shape index (κ3) is 6.82. The van der Waals surface area contributed by atoms with E-state index in [1.165, 1.54) is 70.6 Å². The second-order valence-corrected chi connectivity index (χ2v) is 9.35. The molecule has 1 aromatic carbocycles. The largest absolute Gasteiger partial charge is 0.496 e. The predicted molar refractivity (Wildman–Crippen MR) is 120 cm³/mol. The van der Waals surface area contributed by atoms with Gasteiger partial charge in [-0.25, -0.2) is 4.39 Å². The SMILES string of the molecule is CCCCCC1CCC(c2ccc(B3OCC(CCCCC)CO3)c(F)c2)CC1. The minimum absolute atomic E-state index is 0.165. The molecule has 0 amide bonds. The van der Waals surface area contributed by atoms with E-state index in [0.717, 1.165) is 17.9 Å². The van der Waals surface area contributed by atoms with E-state index in [9.17, 15) is 4.39 Å². The van der Waals surface area contributed by atoms with Crippen molar-refractivity contribution in [1.29, 1.82) is 0 Å². The molecule has 162 valence electrons. The van der Waals surface area contributed by atoms with Gasteiger partial charge in [-0.15, -0.1) is 0 Å². The number of benzene rings is 1. The number of rotatable bonds is 10. The first kappa shape index (κ1) is 22.8. The lowest BCUT2D eigenvalue weighted by molar-refractivity contribution is 0.0807. The van der Waals surface area contributed by atoms with Gasteiger partial charge in [-0.2, -0.15) is 0 Å². The Labute approximate surface area is 178 Å². The molecule has 4 heteroatoms. The van der Waals surface area contributed by atoms with Crippen LogP contribution in [0.4, 0.5) is 4.39 Å². The third-order valence-electron chi connectivity index (χ3n) is 7.00. The summed E-state index contributed by atoms with van der Waals surface area (Å²) in [6, 6.07) is 5.76. The number of halogens is 1. The fourth-order valence-corrected chi connectivity index (χ4v) is 5.03. The molecule has 2 nitrogen and oxygen atoms in total. The summed E-state index contributed by atoms with van der Waals surface area (Å²) >= 11 is 0. The van der Waals surface area contributed by atoms with Crippen LogP contribution in [0.15, 0.2) is 18.2 Å². The highest BCUT2D eigenvalue weighted by molar-refractivity contribution is 6.61. The molecule has 0 spiro atoms. The van der Waals surface area contributed by atoms with E-state index in [0.29, 0.717) is 30.5 Å². The molecule has 1 aliphatic heterocycles. The molecule has 0 unspecified atom stereocenters. The Morgan fingerprint density at radius 1 is 0.862 bits per heavy atom. The van der Waals surface area contributed by atoms with Crippen LogP contribution in [0.3, 0.4) is 0 Å². The van der Waals surface area contributed by atoms with Crippen molar-refractivity contribution in [3.8, 4) is 0 Å². The molecular formula is C25H40BFO2. The lowest BCUT2D eigenvalue weighted by atomic mass is 9.73. The van der Waals surface area contributed by atoms with Gasteiger partial charge in [0.1, 0.15) is 5.82 Å². The van der Waals surface area contributed by atoms with Crippen LogP contribution < -0.4 is 5.46 Å². The smallest absolute Gasteiger partial charge is 0.407 e. The number of hydrogen-bond donors (Lipinski definition) is 0. The van der Waals surface area contributed by atoms with Crippen molar-refractivity contribution in [1.82, 2.24) is 0 Å². The van der Waals surface area contributed by atoms with Gasteiger partial charge in [0.25, 0.3) is 0 Å². The Morgan fingerprint density at radius 2 is 1.48 bits per heavy atom. The summed E-state index contributed by atoms with van der Waals surface area (Å²) in [6.45, 7) is 5.84. The fourth-order valence-electron chi connectivity index (χ4n) is 5.03. The van der Waals surface area contributed by atoms with Crippen LogP contribution >= 0.6 is 0 Å². The molecule has 29 heavy (non-hydrogen) atoms. The Morgan fingerprint density at radius 3 is 2.07 bits per heavy atom. The molecule has 1 saturated heterocycles. The van der Waals surface area contributed by atoms with Crippen LogP contribution in [0.25, 0.3) is 0 Å². The summed E-state index contributed by atoms with van der Waals surface area (Å²) in [5.41, 5.74) is 1.72. The van der Waals surface area contributed by atoms with E-state index >= 15 is 0 Å². The summed E-state index contributed by atoms with van der Waals surface area (Å²) < 4.78 is 26.6. The normalized spacial score (nSPS) is 23.5. The van der Waals surface area contributed by atoms with Gasteiger partial charge in [0.15, 0.2) is 0 Å². The monoisotopic (exact) mass is 402 g/mol. The molecular weight excluding hydrogens is 362 g/mol. The van der Waals surface area contributed by atoms with Crippen molar-refractivity contribution >= 4 is 12.6 Å². The van der Waals surface area contributed by atoms with Crippen LogP contribution in [0.1, 0.15) is 102 Å². The van der Waals surface area contributed by atoms with E-state index in [2.05, 4.69) is 19.9 Å². The summed E-state index contributed by atoms with van der Waals surface area (Å²) in [6.07, 6.45) is 15.3. The molecule has 0 atom stereocenters. The van der Waals surface area contributed by atoms with Crippen molar-refractivity contribution in [2.45, 2.75) is 96.8 Å². The maximum Gasteiger partial charge on any atom is 0.496 e. The van der Waals surface area contributed by atoms with Crippen molar-refractivity contribution in [3.63, 3.8) is 0 Å². The van der Waals surface area contributed by atoms with Crippen LogP contribution in [-0.2, 0) is 9.31 Å². The van der Waals surface area contributed by atoms with Crippen LogP contribution in [0, 0.1) is 17.7 Å². The van der Waals surface area contributed by atoms with E-state index < -0.39 is 7.12 Å². The average molecular weight is 402 g/mol. The van der Waals surface area contributed by atoms with Gasteiger partial charge in [0.2, 0.25) is 0 Å². The van der Waals surface area contributed by atoms with Crippen molar-refractivity contribution in [2.75, 3.05) is 13.2 Å². The van der Waals surface area contributed by atoms with Gasteiger partial charge in [-0.05, 0) is 55.6 Å². The van der Waals surface area contributed by atoms with Crippen molar-refractivity contribution in [2.24, 2.45) is 11.8 Å². The lowest BCUT2D eigenvalue weighted by Gasteiger charge is -2.30. The molecule has 1 saturated carbocycles. The molecule has 2 aliphatic rings. The second kappa shape index (κ2) is 12.1. The molecule has 1 aromatic rings. The first-order valence-corrected chi connectivity index (χ1v) is 12.2. The molecule has 1 aliphatic carbocycles. The van der Waals surface area contributed by atoms with Gasteiger partial charge < -0.3 is 9.31 Å². The Bertz CT molecular complexity index is 592. The van der Waals surface area contributed by atoms with E-state index in [4.69, 9.17) is 9.31 Å². The Kier molecular flexibility index (Phi) is 9.52. The molecule has 0 bridgehead atoms. The molecule has 0 radical (unpaired) electrons. The third-order valence-corrected chi connectivity index (χ3v) is 7.00. The summed E-state index contributed by atoms with van der Waals surface area (Å²) in [7, 11) is -0.541. The minimum atomic E-state index is -0.541. The Balaban J connectivity index is 1.47. The zero-order chi connectivity index (χ0) is 20.5. The predicted octanol–water partition coefficient (Wildman–Crippen LogP) is 6.62. The van der Waals surface area contributed by atoms with Gasteiger partial charge in [0.05, 0.1) is 0 Å². The highest BCUT2D eigenvalue weighted by Crippen LogP contribution is 2.37. The molecule has 0 N–H and O–H groups in total. The highest BCUT2D eigenvalue weighted by atomic mass is 19.1. The maximum atomic E-state index is 14.9. The van der Waals surface area contributed by atoms with E-state index in [1.807, 2.05) is 6.07 Å². The van der Waals surface area contributed by atoms with Gasteiger partial charge in [0, 0.05) is 24.6 Å². The zero-order valence-corrected chi connectivity index (χ0v) is 18.6. The quantitative estimate of drug-likeness (QED) is 0.323. The molecule has 1 heterocycles. The van der Waals surface area contributed by atoms with Crippen molar-refractivity contribution in [3.05, 3.63) is 29.6 Å². The molecule has 3 rings (SSSR count). The first-order chi connectivity index (χ1) is 14.2. The summed E-state index contributed by atoms with van der Waals surface area (Å²) in [5.74, 6) is 1.68. The van der Waals surface area contributed by atoms with Crippen LogP contribution in [-0.4, -0.2) is 20.3 Å². The summed E-state index contributed by atoms with van der Waals surface area (Å²) in [5, 5.41) is 0. The first-order valence-electron chi connectivity index (χ1n) is 12.2. The topological polar surface area (TPSA) is 18.5 Å². The standard InChI is InChI=1S/C25H40BFO2/c1-3-5-7-9-20-11-13-22(14-12-20)23-15-16-24(25(27)17-23)26-28-18-21(19-29-26)10-8-6-4-2/h15-17,20-22H,3-14,18-19H2,1-2H3. The number of unbranched alkanes of at least 4 members (excludes halogenated alkanes) is 4. The summed E-state index contributed by atoms with van der Waals surface area (Å²) in [4.78, 5) is 0. The van der Waals surface area contributed by atoms with Crippen molar-refractivity contribution < 1.29 is 13.7 Å². The van der Waals surface area contributed by atoms with E-state index in [1.54, 1.807) is 6.07 Å².